The van der Waals surface area contributed by atoms with Crippen molar-refractivity contribution in [2.75, 3.05) is 11.9 Å². The predicted molar refractivity (Wildman–Crippen MR) is 100 cm³/mol. The van der Waals surface area contributed by atoms with Gasteiger partial charge in [-0.05, 0) is 48.4 Å². The monoisotopic (exact) mass is 355 g/mol. The maximum atomic E-state index is 12.3. The third-order valence-electron chi connectivity index (χ3n) is 3.85. The molecule has 1 heterocycles. The standard InChI is InChI=1S/C19H18ClN3O2/c1-12(24)23-16-4-2-3-13(9-16)19(25)21-8-7-14-11-22-18-6-5-15(20)10-17(14)18/h2-6,9-11,22H,7-8H2,1H3,(H,21,25)(H,23,24). The van der Waals surface area contributed by atoms with Gasteiger partial charge < -0.3 is 15.6 Å². The fourth-order valence-corrected chi connectivity index (χ4v) is 2.88. The number of carbonyl (C=O) groups excluding carboxylic acids is 2. The van der Waals surface area contributed by atoms with Crippen molar-refractivity contribution in [1.29, 1.82) is 0 Å². The number of carbonyl (C=O) groups is 2. The molecule has 128 valence electrons. The van der Waals surface area contributed by atoms with Crippen molar-refractivity contribution in [3.05, 3.63) is 64.8 Å². The van der Waals surface area contributed by atoms with Crippen molar-refractivity contribution < 1.29 is 9.59 Å². The average molecular weight is 356 g/mol. The van der Waals surface area contributed by atoms with Crippen LogP contribution in [0.1, 0.15) is 22.8 Å². The average Bonchev–Trinajstić information content (AvgIpc) is 2.97. The van der Waals surface area contributed by atoms with Gasteiger partial charge in [-0.1, -0.05) is 17.7 Å². The van der Waals surface area contributed by atoms with E-state index in [-0.39, 0.29) is 11.8 Å². The van der Waals surface area contributed by atoms with Crippen molar-refractivity contribution in [2.24, 2.45) is 0 Å². The zero-order valence-electron chi connectivity index (χ0n) is 13.7. The van der Waals surface area contributed by atoms with Crippen molar-refractivity contribution in [3.63, 3.8) is 0 Å². The van der Waals surface area contributed by atoms with E-state index < -0.39 is 0 Å². The van der Waals surface area contributed by atoms with Crippen LogP contribution in [-0.2, 0) is 11.2 Å². The van der Waals surface area contributed by atoms with E-state index in [1.807, 2.05) is 24.4 Å². The van der Waals surface area contributed by atoms with E-state index >= 15 is 0 Å². The van der Waals surface area contributed by atoms with Gasteiger partial charge in [0, 0.05) is 46.8 Å². The van der Waals surface area contributed by atoms with Gasteiger partial charge in [0.25, 0.3) is 5.91 Å². The van der Waals surface area contributed by atoms with Crippen LogP contribution in [0.2, 0.25) is 5.02 Å². The van der Waals surface area contributed by atoms with Crippen molar-refractivity contribution in [2.45, 2.75) is 13.3 Å². The lowest BCUT2D eigenvalue weighted by atomic mass is 10.1. The molecule has 0 unspecified atom stereocenters. The second kappa shape index (κ2) is 7.40. The first-order chi connectivity index (χ1) is 12.0. The number of amides is 2. The van der Waals surface area contributed by atoms with Crippen LogP contribution in [0.4, 0.5) is 5.69 Å². The molecule has 0 aliphatic rings. The van der Waals surface area contributed by atoms with E-state index in [0.717, 1.165) is 16.5 Å². The number of halogens is 1. The molecule has 0 atom stereocenters. The van der Waals surface area contributed by atoms with E-state index in [1.54, 1.807) is 24.3 Å². The molecule has 0 saturated carbocycles. The Labute approximate surface area is 150 Å². The number of hydrogen-bond donors (Lipinski definition) is 3. The molecule has 0 radical (unpaired) electrons. The van der Waals surface area contributed by atoms with E-state index in [4.69, 9.17) is 11.6 Å². The highest BCUT2D eigenvalue weighted by Gasteiger charge is 2.08. The first-order valence-corrected chi connectivity index (χ1v) is 8.32. The van der Waals surface area contributed by atoms with E-state index in [1.165, 1.54) is 6.92 Å². The van der Waals surface area contributed by atoms with Crippen LogP contribution in [0.3, 0.4) is 0 Å². The number of aromatic nitrogens is 1. The summed E-state index contributed by atoms with van der Waals surface area (Å²) in [7, 11) is 0. The lowest BCUT2D eigenvalue weighted by Crippen LogP contribution is -2.25. The van der Waals surface area contributed by atoms with Crippen LogP contribution in [0, 0.1) is 0 Å². The molecule has 0 fully saturated rings. The fourth-order valence-electron chi connectivity index (χ4n) is 2.71. The van der Waals surface area contributed by atoms with Crippen molar-refractivity contribution >= 4 is 40.0 Å². The maximum absolute atomic E-state index is 12.3. The summed E-state index contributed by atoms with van der Waals surface area (Å²) in [5.74, 6) is -0.347. The highest BCUT2D eigenvalue weighted by atomic mass is 35.5. The number of benzene rings is 2. The first kappa shape index (κ1) is 17.0. The van der Waals surface area contributed by atoms with Crippen molar-refractivity contribution in [1.82, 2.24) is 10.3 Å². The molecular weight excluding hydrogens is 338 g/mol. The van der Waals surface area contributed by atoms with Crippen LogP contribution in [-0.4, -0.2) is 23.3 Å². The third-order valence-corrected chi connectivity index (χ3v) is 4.09. The van der Waals surface area contributed by atoms with Crippen LogP contribution >= 0.6 is 11.6 Å². The zero-order chi connectivity index (χ0) is 17.8. The molecule has 0 spiro atoms. The van der Waals surface area contributed by atoms with Crippen LogP contribution in [0.5, 0.6) is 0 Å². The minimum atomic E-state index is -0.176. The molecule has 3 aromatic rings. The minimum Gasteiger partial charge on any atom is -0.361 e. The number of aromatic amines is 1. The molecule has 6 heteroatoms. The van der Waals surface area contributed by atoms with Crippen molar-refractivity contribution in [3.8, 4) is 0 Å². The lowest BCUT2D eigenvalue weighted by Gasteiger charge is -2.07. The van der Waals surface area contributed by atoms with Crippen LogP contribution in [0.15, 0.2) is 48.7 Å². The van der Waals surface area contributed by atoms with Gasteiger partial charge in [0.05, 0.1) is 0 Å². The lowest BCUT2D eigenvalue weighted by molar-refractivity contribution is -0.114. The van der Waals surface area contributed by atoms with Gasteiger partial charge in [-0.15, -0.1) is 0 Å². The topological polar surface area (TPSA) is 74.0 Å². The number of hydrogen-bond acceptors (Lipinski definition) is 2. The summed E-state index contributed by atoms with van der Waals surface area (Å²) in [6.07, 6.45) is 2.63. The highest BCUT2D eigenvalue weighted by Crippen LogP contribution is 2.22. The third kappa shape index (κ3) is 4.19. The Balaban J connectivity index is 1.62. The summed E-state index contributed by atoms with van der Waals surface area (Å²) >= 11 is 6.05. The summed E-state index contributed by atoms with van der Waals surface area (Å²) in [6, 6.07) is 12.5. The molecular formula is C19H18ClN3O2. The number of rotatable bonds is 5. The minimum absolute atomic E-state index is 0.171. The SMILES string of the molecule is CC(=O)Nc1cccc(C(=O)NCCc2c[nH]c3ccc(Cl)cc23)c1. The Hall–Kier alpha value is -2.79. The molecule has 5 nitrogen and oxygen atoms in total. The Morgan fingerprint density at radius 2 is 2.00 bits per heavy atom. The fraction of sp³-hybridized carbons (Fsp3) is 0.158. The molecule has 1 aromatic heterocycles. The number of H-pyrrole nitrogens is 1. The Morgan fingerprint density at radius 1 is 1.16 bits per heavy atom. The molecule has 0 bridgehead atoms. The molecule has 2 aromatic carbocycles. The largest absolute Gasteiger partial charge is 0.361 e. The van der Waals surface area contributed by atoms with Crippen LogP contribution < -0.4 is 10.6 Å². The highest BCUT2D eigenvalue weighted by molar-refractivity contribution is 6.31. The van der Waals surface area contributed by atoms with Gasteiger partial charge in [0.2, 0.25) is 5.91 Å². The number of fused-ring (bicyclic) bond motifs is 1. The summed E-state index contributed by atoms with van der Waals surface area (Å²) in [5.41, 5.74) is 3.23. The molecule has 25 heavy (non-hydrogen) atoms. The molecule has 0 aliphatic heterocycles. The summed E-state index contributed by atoms with van der Waals surface area (Å²) in [4.78, 5) is 26.6. The van der Waals surface area contributed by atoms with Crippen LogP contribution in [0.25, 0.3) is 10.9 Å². The quantitative estimate of drug-likeness (QED) is 0.652. The predicted octanol–water partition coefficient (Wildman–Crippen LogP) is 3.75. The summed E-state index contributed by atoms with van der Waals surface area (Å²) in [5, 5.41) is 7.32. The molecule has 0 aliphatic carbocycles. The van der Waals surface area contributed by atoms with E-state index in [2.05, 4.69) is 15.6 Å². The van der Waals surface area contributed by atoms with Gasteiger partial charge in [0.1, 0.15) is 0 Å². The molecule has 3 rings (SSSR count). The van der Waals surface area contributed by atoms with E-state index in [0.29, 0.717) is 29.2 Å². The number of nitrogens with one attached hydrogen (secondary N) is 3. The first-order valence-electron chi connectivity index (χ1n) is 7.94. The van der Waals surface area contributed by atoms with Gasteiger partial charge in [-0.3, -0.25) is 9.59 Å². The van der Waals surface area contributed by atoms with E-state index in [9.17, 15) is 9.59 Å². The number of anilines is 1. The smallest absolute Gasteiger partial charge is 0.251 e. The van der Waals surface area contributed by atoms with Gasteiger partial charge in [0.15, 0.2) is 0 Å². The normalized spacial score (nSPS) is 10.6. The molecule has 3 N–H and O–H groups in total. The van der Waals surface area contributed by atoms with Gasteiger partial charge in [-0.2, -0.15) is 0 Å². The summed E-state index contributed by atoms with van der Waals surface area (Å²) in [6.45, 7) is 1.93. The summed E-state index contributed by atoms with van der Waals surface area (Å²) < 4.78 is 0. The van der Waals surface area contributed by atoms with Gasteiger partial charge in [-0.25, -0.2) is 0 Å². The second-order valence-corrected chi connectivity index (χ2v) is 6.21. The Bertz CT molecular complexity index is 933. The zero-order valence-corrected chi connectivity index (χ0v) is 14.5. The Morgan fingerprint density at radius 3 is 2.80 bits per heavy atom. The molecule has 0 saturated heterocycles. The second-order valence-electron chi connectivity index (χ2n) is 5.77. The Kier molecular flexibility index (Phi) is 5.05. The van der Waals surface area contributed by atoms with Gasteiger partial charge >= 0.3 is 0 Å². The maximum Gasteiger partial charge on any atom is 0.251 e. The molecule has 2 amide bonds.